The highest BCUT2D eigenvalue weighted by molar-refractivity contribution is 7.90. The Morgan fingerprint density at radius 2 is 1.83 bits per heavy atom. The molecule has 162 valence electrons. The Morgan fingerprint density at radius 1 is 1.17 bits per heavy atom. The lowest BCUT2D eigenvalue weighted by Crippen LogP contribution is -2.48. The fourth-order valence-electron chi connectivity index (χ4n) is 3.17. The fourth-order valence-corrected chi connectivity index (χ4v) is 4.47. The molecule has 0 bridgehead atoms. The fraction of sp³-hybridized carbons (Fsp3) is 0.368. The predicted molar refractivity (Wildman–Crippen MR) is 105 cm³/mol. The van der Waals surface area contributed by atoms with Gasteiger partial charge in [0.1, 0.15) is 10.7 Å². The van der Waals surface area contributed by atoms with Crippen LogP contribution in [0.4, 0.5) is 9.18 Å². The second kappa shape index (κ2) is 8.84. The number of pyridine rings is 1. The average Bonchev–Trinajstić information content (AvgIpc) is 2.72. The molecule has 1 amide bonds. The molecule has 1 N–H and O–H groups in total. The Morgan fingerprint density at radius 3 is 2.47 bits per heavy atom. The van der Waals surface area contributed by atoms with Gasteiger partial charge in [-0.3, -0.25) is 9.69 Å². The van der Waals surface area contributed by atoms with Crippen LogP contribution in [0.15, 0.2) is 46.2 Å². The molecule has 9 nitrogen and oxygen atoms in total. The Bertz CT molecular complexity index is 1090. The summed E-state index contributed by atoms with van der Waals surface area (Å²) in [5.74, 6) is -1.71. The van der Waals surface area contributed by atoms with E-state index in [9.17, 15) is 27.5 Å². The molecule has 1 aliphatic rings. The van der Waals surface area contributed by atoms with Crippen molar-refractivity contribution in [2.24, 2.45) is 0 Å². The van der Waals surface area contributed by atoms with Crippen LogP contribution in [-0.2, 0) is 21.3 Å². The molecule has 1 aromatic carbocycles. The molecule has 1 fully saturated rings. The number of hydrogen-bond acceptors (Lipinski definition) is 7. The number of carbonyl (C=O) groups excluding carboxylic acids is 1. The predicted octanol–water partition coefficient (Wildman–Crippen LogP) is 1.20. The normalized spacial score (nSPS) is 15.2. The van der Waals surface area contributed by atoms with Crippen LogP contribution in [0.2, 0.25) is 0 Å². The van der Waals surface area contributed by atoms with Crippen LogP contribution in [0.1, 0.15) is 12.5 Å². The smallest absolute Gasteiger partial charge is 0.409 e. The zero-order chi connectivity index (χ0) is 21.9. The van der Waals surface area contributed by atoms with Gasteiger partial charge in [-0.05, 0) is 25.1 Å². The molecular weight excluding hydrogens is 417 g/mol. The molecule has 0 unspecified atom stereocenters. The third kappa shape index (κ3) is 4.31. The van der Waals surface area contributed by atoms with Crippen molar-refractivity contribution in [3.05, 3.63) is 58.3 Å². The number of aromatic hydroxyl groups is 1. The van der Waals surface area contributed by atoms with Gasteiger partial charge in [0.25, 0.3) is 10.0 Å². The standard InChI is InChI=1S/C19H22FN3O6S/c1-2-29-19(26)22-11-9-21(10-12-22)13-14-7-8-23(18(25)17(14)24)30(27,28)16-6-4-3-5-15(16)20/h3-8,24H,2,9-13H2,1H3. The summed E-state index contributed by atoms with van der Waals surface area (Å²) in [4.78, 5) is 27.1. The first-order valence-electron chi connectivity index (χ1n) is 9.33. The molecule has 0 radical (unpaired) electrons. The monoisotopic (exact) mass is 439 g/mol. The Kier molecular flexibility index (Phi) is 6.42. The summed E-state index contributed by atoms with van der Waals surface area (Å²) in [6.07, 6.45) is 0.620. The van der Waals surface area contributed by atoms with Crippen molar-refractivity contribution in [1.29, 1.82) is 0 Å². The van der Waals surface area contributed by atoms with Gasteiger partial charge in [0.2, 0.25) is 0 Å². The second-order valence-corrected chi connectivity index (χ2v) is 8.47. The summed E-state index contributed by atoms with van der Waals surface area (Å²) in [5, 5.41) is 10.3. The molecule has 11 heteroatoms. The number of rotatable bonds is 5. The number of aromatic nitrogens is 1. The van der Waals surface area contributed by atoms with E-state index < -0.39 is 32.0 Å². The molecule has 0 aliphatic carbocycles. The largest absolute Gasteiger partial charge is 0.503 e. The van der Waals surface area contributed by atoms with Crippen molar-refractivity contribution in [1.82, 2.24) is 13.8 Å². The zero-order valence-corrected chi connectivity index (χ0v) is 17.1. The van der Waals surface area contributed by atoms with Gasteiger partial charge in [0.15, 0.2) is 5.75 Å². The minimum Gasteiger partial charge on any atom is -0.503 e. The lowest BCUT2D eigenvalue weighted by Gasteiger charge is -2.34. The first-order chi connectivity index (χ1) is 14.3. The van der Waals surface area contributed by atoms with Crippen molar-refractivity contribution >= 4 is 16.1 Å². The molecule has 30 heavy (non-hydrogen) atoms. The van der Waals surface area contributed by atoms with Crippen molar-refractivity contribution in [2.45, 2.75) is 18.4 Å². The molecular formula is C19H22FN3O6S. The summed E-state index contributed by atoms with van der Waals surface area (Å²) in [7, 11) is -4.50. The van der Waals surface area contributed by atoms with Crippen LogP contribution in [0, 0.1) is 5.82 Å². The van der Waals surface area contributed by atoms with Crippen LogP contribution in [-0.4, -0.2) is 66.2 Å². The topological polar surface area (TPSA) is 109 Å². The van der Waals surface area contributed by atoms with E-state index in [-0.39, 0.29) is 18.2 Å². The van der Waals surface area contributed by atoms with Crippen molar-refractivity contribution < 1.29 is 27.4 Å². The molecule has 2 heterocycles. The first kappa shape index (κ1) is 21.8. The summed E-state index contributed by atoms with van der Waals surface area (Å²) >= 11 is 0. The number of hydrogen-bond donors (Lipinski definition) is 1. The lowest BCUT2D eigenvalue weighted by atomic mass is 10.2. The van der Waals surface area contributed by atoms with E-state index in [0.29, 0.717) is 36.8 Å². The minimum absolute atomic E-state index is 0.193. The van der Waals surface area contributed by atoms with E-state index in [1.807, 2.05) is 4.90 Å². The summed E-state index contributed by atoms with van der Waals surface area (Å²) in [5.41, 5.74) is -0.912. The number of nitrogens with zero attached hydrogens (tertiary/aromatic N) is 3. The number of carbonyl (C=O) groups is 1. The molecule has 1 aliphatic heterocycles. The maximum absolute atomic E-state index is 13.9. The first-order valence-corrected chi connectivity index (χ1v) is 10.8. The number of amides is 1. The summed E-state index contributed by atoms with van der Waals surface area (Å²) in [6.45, 7) is 4.06. The Hall–Kier alpha value is -2.92. The highest BCUT2D eigenvalue weighted by atomic mass is 32.2. The molecule has 1 saturated heterocycles. The highest BCUT2D eigenvalue weighted by Crippen LogP contribution is 2.20. The number of benzene rings is 1. The van der Waals surface area contributed by atoms with E-state index >= 15 is 0 Å². The maximum atomic E-state index is 13.9. The minimum atomic E-state index is -4.50. The second-order valence-electron chi connectivity index (χ2n) is 6.69. The average molecular weight is 439 g/mol. The van der Waals surface area contributed by atoms with E-state index in [2.05, 4.69) is 0 Å². The number of ether oxygens (including phenoxy) is 1. The van der Waals surface area contributed by atoms with E-state index in [1.165, 1.54) is 18.2 Å². The molecule has 1 aromatic heterocycles. The quantitative estimate of drug-likeness (QED) is 0.746. The van der Waals surface area contributed by atoms with Crippen molar-refractivity contribution in [2.75, 3.05) is 32.8 Å². The molecule has 2 aromatic rings. The molecule has 0 atom stereocenters. The Labute approximate surface area is 173 Å². The van der Waals surface area contributed by atoms with Crippen LogP contribution in [0.25, 0.3) is 0 Å². The van der Waals surface area contributed by atoms with Crippen molar-refractivity contribution in [3.63, 3.8) is 0 Å². The SMILES string of the molecule is CCOC(=O)N1CCN(Cc2ccn(S(=O)(=O)c3ccccc3F)c(=O)c2O)CC1. The molecule has 0 saturated carbocycles. The third-order valence-electron chi connectivity index (χ3n) is 4.78. The highest BCUT2D eigenvalue weighted by Gasteiger charge is 2.26. The zero-order valence-electron chi connectivity index (χ0n) is 16.3. The molecule has 3 rings (SSSR count). The van der Waals surface area contributed by atoms with E-state index in [4.69, 9.17) is 4.74 Å². The van der Waals surface area contributed by atoms with Gasteiger partial charge in [0.05, 0.1) is 6.61 Å². The van der Waals surface area contributed by atoms with Crippen LogP contribution >= 0.6 is 0 Å². The van der Waals surface area contributed by atoms with Crippen LogP contribution in [0.3, 0.4) is 0 Å². The lowest BCUT2D eigenvalue weighted by molar-refractivity contribution is 0.0776. The summed E-state index contributed by atoms with van der Waals surface area (Å²) in [6, 6.07) is 6.00. The van der Waals surface area contributed by atoms with Gasteiger partial charge < -0.3 is 14.7 Å². The van der Waals surface area contributed by atoms with E-state index in [0.717, 1.165) is 18.3 Å². The van der Waals surface area contributed by atoms with Gasteiger partial charge in [-0.15, -0.1) is 0 Å². The van der Waals surface area contributed by atoms with Crippen molar-refractivity contribution in [3.8, 4) is 5.75 Å². The van der Waals surface area contributed by atoms with Crippen LogP contribution in [0.5, 0.6) is 5.75 Å². The van der Waals surface area contributed by atoms with Gasteiger partial charge >= 0.3 is 11.7 Å². The summed E-state index contributed by atoms with van der Waals surface area (Å²) < 4.78 is 44.5. The van der Waals surface area contributed by atoms with Crippen LogP contribution < -0.4 is 5.56 Å². The van der Waals surface area contributed by atoms with Gasteiger partial charge in [-0.1, -0.05) is 12.1 Å². The third-order valence-corrected chi connectivity index (χ3v) is 6.48. The Balaban J connectivity index is 1.77. The number of piperazine rings is 1. The van der Waals surface area contributed by atoms with E-state index in [1.54, 1.807) is 11.8 Å². The molecule has 0 spiro atoms. The van der Waals surface area contributed by atoms with Gasteiger partial charge in [0, 0.05) is 44.5 Å². The van der Waals surface area contributed by atoms with Gasteiger partial charge in [-0.2, -0.15) is 0 Å². The van der Waals surface area contributed by atoms with Gasteiger partial charge in [-0.25, -0.2) is 21.6 Å². The maximum Gasteiger partial charge on any atom is 0.409 e. The number of halogens is 1.